The molecule has 0 aliphatic carbocycles. The van der Waals surface area contributed by atoms with Crippen molar-refractivity contribution in [2.75, 3.05) is 19.6 Å². The molecule has 4 heteroatoms. The van der Waals surface area contributed by atoms with E-state index in [1.165, 1.54) is 25.7 Å². The molecule has 1 aliphatic rings. The normalized spacial score (nSPS) is 21.8. The first-order valence-electron chi connectivity index (χ1n) is 8.95. The molecule has 0 radical (unpaired) electrons. The first kappa shape index (κ1) is 18.9. The first-order chi connectivity index (χ1) is 11.7. The Bertz CT molecular complexity index is 572. The zero-order valence-electron chi connectivity index (χ0n) is 14.8. The molecule has 0 amide bonds. The lowest BCUT2D eigenvalue weighted by atomic mass is 10.1. The van der Waals surface area contributed by atoms with Crippen molar-refractivity contribution < 1.29 is 0 Å². The molecule has 2 rings (SSSR count). The number of allylic oxidation sites excluding steroid dienone is 1. The summed E-state index contributed by atoms with van der Waals surface area (Å²) in [5.74, 6) is 0. The van der Waals surface area contributed by atoms with Crippen LogP contribution in [0.2, 0.25) is 0 Å². The molecule has 0 bridgehead atoms. The maximum Gasteiger partial charge on any atom is 0.188 e. The molecule has 1 unspecified atom stereocenters. The fourth-order valence-electron chi connectivity index (χ4n) is 2.71. The fraction of sp³-hybridized carbons (Fsp3) is 0.500. The zero-order valence-corrected chi connectivity index (χ0v) is 15.5. The number of hydrogen-bond acceptors (Lipinski definition) is 3. The van der Waals surface area contributed by atoms with Crippen LogP contribution in [0.3, 0.4) is 0 Å². The number of rotatable bonds is 9. The van der Waals surface area contributed by atoms with Crippen molar-refractivity contribution in [3.05, 3.63) is 42.5 Å². The van der Waals surface area contributed by atoms with Crippen LogP contribution in [0.1, 0.15) is 39.5 Å². The summed E-state index contributed by atoms with van der Waals surface area (Å²) in [4.78, 5) is 10.9. The average molecular weight is 346 g/mol. The van der Waals surface area contributed by atoms with Gasteiger partial charge in [0.05, 0.1) is 11.4 Å². The molecule has 1 atom stereocenters. The van der Waals surface area contributed by atoms with E-state index < -0.39 is 5.00 Å². The van der Waals surface area contributed by atoms with E-state index in [-0.39, 0.29) is 0 Å². The van der Waals surface area contributed by atoms with Crippen molar-refractivity contribution in [3.63, 3.8) is 0 Å². The van der Waals surface area contributed by atoms with Gasteiger partial charge >= 0.3 is 0 Å². The van der Waals surface area contributed by atoms with E-state index >= 15 is 0 Å². The second-order valence-corrected chi connectivity index (χ2v) is 6.84. The lowest BCUT2D eigenvalue weighted by molar-refractivity contribution is 0.255. The van der Waals surface area contributed by atoms with Gasteiger partial charge in [-0.15, -0.1) is 0 Å². The summed E-state index contributed by atoms with van der Waals surface area (Å²) in [6.07, 6.45) is 10.4. The smallest absolute Gasteiger partial charge is 0.188 e. The van der Waals surface area contributed by atoms with Crippen LogP contribution in [0.5, 0.6) is 0 Å². The Hall–Kier alpha value is -1.45. The molecule has 24 heavy (non-hydrogen) atoms. The fourth-order valence-corrected chi connectivity index (χ4v) is 3.04. The lowest BCUT2D eigenvalue weighted by Crippen LogP contribution is -2.44. The summed E-state index contributed by atoms with van der Waals surface area (Å²) in [5, 5.41) is 0. The molecule has 0 spiro atoms. The molecule has 1 heterocycles. The highest BCUT2D eigenvalue weighted by Crippen LogP contribution is 2.27. The Morgan fingerprint density at radius 1 is 1.08 bits per heavy atom. The van der Waals surface area contributed by atoms with Crippen molar-refractivity contribution in [1.29, 1.82) is 0 Å². The van der Waals surface area contributed by atoms with Crippen LogP contribution < -0.4 is 0 Å². The average Bonchev–Trinajstić information content (AvgIpc) is 2.60. The largest absolute Gasteiger partial charge is 0.299 e. The van der Waals surface area contributed by atoms with Crippen LogP contribution in [-0.2, 0) is 0 Å². The minimum Gasteiger partial charge on any atom is -0.299 e. The summed E-state index contributed by atoms with van der Waals surface area (Å²) < 4.78 is 0. The van der Waals surface area contributed by atoms with Crippen LogP contribution in [-0.4, -0.2) is 41.5 Å². The van der Waals surface area contributed by atoms with Gasteiger partial charge in [-0.2, -0.15) is 0 Å². The number of benzene rings is 1. The van der Waals surface area contributed by atoms with Crippen molar-refractivity contribution in [2.45, 2.75) is 44.5 Å². The Balaban J connectivity index is 2.17. The number of halogens is 1. The van der Waals surface area contributed by atoms with Gasteiger partial charge in [-0.05, 0) is 50.2 Å². The summed E-state index contributed by atoms with van der Waals surface area (Å²) in [7, 11) is 0. The summed E-state index contributed by atoms with van der Waals surface area (Å²) >= 11 is 6.92. The minimum atomic E-state index is -0.800. The van der Waals surface area contributed by atoms with E-state index in [1.807, 2.05) is 42.5 Å². The third kappa shape index (κ3) is 5.57. The predicted molar refractivity (Wildman–Crippen MR) is 106 cm³/mol. The van der Waals surface area contributed by atoms with Gasteiger partial charge in [0.2, 0.25) is 0 Å². The standard InChI is InChI=1S/C20H28ClN3/c1-3-5-15-24(16-6-4-2)17-20(21)19(13-10-14-22-20)23-18-11-8-7-9-12-18/h7-14H,3-6,15-17H2,1-2H3/b23-19+. The minimum absolute atomic E-state index is 0.695. The molecule has 1 aromatic rings. The third-order valence-electron chi connectivity index (χ3n) is 4.11. The number of hydrogen-bond donors (Lipinski definition) is 0. The molecule has 3 nitrogen and oxygen atoms in total. The van der Waals surface area contributed by atoms with Gasteiger partial charge in [0.15, 0.2) is 5.00 Å². The molecular weight excluding hydrogens is 318 g/mol. The maximum absolute atomic E-state index is 6.92. The van der Waals surface area contributed by atoms with Crippen LogP contribution in [0, 0.1) is 0 Å². The van der Waals surface area contributed by atoms with Crippen LogP contribution in [0.4, 0.5) is 5.69 Å². The van der Waals surface area contributed by atoms with Crippen LogP contribution >= 0.6 is 11.6 Å². The van der Waals surface area contributed by atoms with Crippen molar-refractivity contribution >= 4 is 29.2 Å². The molecule has 130 valence electrons. The molecule has 0 saturated heterocycles. The van der Waals surface area contributed by atoms with Crippen molar-refractivity contribution in [3.8, 4) is 0 Å². The summed E-state index contributed by atoms with van der Waals surface area (Å²) in [6.45, 7) is 7.25. The highest BCUT2D eigenvalue weighted by Gasteiger charge is 2.34. The van der Waals surface area contributed by atoms with Gasteiger partial charge in [0.25, 0.3) is 0 Å². The third-order valence-corrected chi connectivity index (χ3v) is 4.52. The monoisotopic (exact) mass is 345 g/mol. The van der Waals surface area contributed by atoms with Gasteiger partial charge < -0.3 is 0 Å². The molecule has 0 N–H and O–H groups in total. The number of nitrogens with zero attached hydrogens (tertiary/aromatic N) is 3. The molecule has 1 aromatic carbocycles. The van der Waals surface area contributed by atoms with Crippen molar-refractivity contribution in [1.82, 2.24) is 4.90 Å². The van der Waals surface area contributed by atoms with E-state index in [0.717, 1.165) is 24.5 Å². The number of para-hydroxylation sites is 1. The van der Waals surface area contributed by atoms with E-state index in [1.54, 1.807) is 6.21 Å². The lowest BCUT2D eigenvalue weighted by Gasteiger charge is -2.32. The quantitative estimate of drug-likeness (QED) is 0.444. The van der Waals surface area contributed by atoms with E-state index in [9.17, 15) is 0 Å². The van der Waals surface area contributed by atoms with Gasteiger partial charge in [0, 0.05) is 12.8 Å². The molecule has 0 fully saturated rings. The summed E-state index contributed by atoms with van der Waals surface area (Å²) in [5.41, 5.74) is 1.73. The Morgan fingerprint density at radius 3 is 2.38 bits per heavy atom. The molecular formula is C20H28ClN3. The summed E-state index contributed by atoms with van der Waals surface area (Å²) in [6, 6.07) is 9.94. The number of aliphatic imine (C=N–C) groups is 2. The van der Waals surface area contributed by atoms with E-state index in [0.29, 0.717) is 6.54 Å². The van der Waals surface area contributed by atoms with E-state index in [4.69, 9.17) is 16.6 Å². The van der Waals surface area contributed by atoms with Crippen molar-refractivity contribution in [2.24, 2.45) is 9.98 Å². The highest BCUT2D eigenvalue weighted by atomic mass is 35.5. The number of unbranched alkanes of at least 4 members (excludes halogenated alkanes) is 2. The maximum atomic E-state index is 6.92. The topological polar surface area (TPSA) is 28.0 Å². The second kappa shape index (κ2) is 9.75. The van der Waals surface area contributed by atoms with Gasteiger partial charge in [0.1, 0.15) is 0 Å². The van der Waals surface area contributed by atoms with Gasteiger partial charge in [-0.1, -0.05) is 56.5 Å². The highest BCUT2D eigenvalue weighted by molar-refractivity contribution is 6.39. The van der Waals surface area contributed by atoms with Crippen LogP contribution in [0.25, 0.3) is 0 Å². The number of dihydropyridines is 1. The SMILES string of the molecule is CCCCN(CCCC)CC1(Cl)N=CC=C/C1=N\c1ccccc1. The molecule has 0 aromatic heterocycles. The second-order valence-electron chi connectivity index (χ2n) is 6.21. The van der Waals surface area contributed by atoms with E-state index in [2.05, 4.69) is 23.7 Å². The van der Waals surface area contributed by atoms with Gasteiger partial charge in [-0.3, -0.25) is 9.89 Å². The van der Waals surface area contributed by atoms with Gasteiger partial charge in [-0.25, -0.2) is 4.99 Å². The predicted octanol–water partition coefficient (Wildman–Crippen LogP) is 5.24. The number of alkyl halides is 1. The zero-order chi connectivity index (χ0) is 17.3. The Kier molecular flexibility index (Phi) is 7.67. The molecule has 0 saturated carbocycles. The first-order valence-corrected chi connectivity index (χ1v) is 9.33. The Labute approximate surface area is 151 Å². The van der Waals surface area contributed by atoms with Crippen LogP contribution in [0.15, 0.2) is 52.5 Å². The Morgan fingerprint density at radius 2 is 1.75 bits per heavy atom. The molecule has 1 aliphatic heterocycles.